The summed E-state index contributed by atoms with van der Waals surface area (Å²) in [6, 6.07) is 4.92. The lowest BCUT2D eigenvalue weighted by Gasteiger charge is -2.44. The van der Waals surface area contributed by atoms with Crippen molar-refractivity contribution in [2.24, 2.45) is 0 Å². The third kappa shape index (κ3) is 7.83. The van der Waals surface area contributed by atoms with Crippen LogP contribution in [0.5, 0.6) is 0 Å². The number of halogens is 2. The number of aromatic nitrogens is 3. The quantitative estimate of drug-likeness (QED) is 0.339. The maximum absolute atomic E-state index is 12.1. The second-order valence-corrected chi connectivity index (χ2v) is 9.14. The van der Waals surface area contributed by atoms with Crippen molar-refractivity contribution in [3.63, 3.8) is 0 Å². The highest BCUT2D eigenvalue weighted by molar-refractivity contribution is 6.31. The number of carbonyl (C=O) groups is 4. The highest BCUT2D eigenvalue weighted by Gasteiger charge is 2.52. The molecule has 38 heavy (non-hydrogen) atoms. The van der Waals surface area contributed by atoms with Gasteiger partial charge in [-0.15, -0.1) is 10.2 Å². The minimum absolute atomic E-state index is 0.131. The number of nitrogens with zero attached hydrogens (tertiary/aromatic N) is 3. The molecule has 0 spiro atoms. The molecule has 0 unspecified atom stereocenters. The lowest BCUT2D eigenvalue weighted by atomic mass is 9.89. The van der Waals surface area contributed by atoms with E-state index >= 15 is 0 Å². The van der Waals surface area contributed by atoms with Crippen LogP contribution in [0.3, 0.4) is 0 Å². The van der Waals surface area contributed by atoms with Gasteiger partial charge in [0.2, 0.25) is 0 Å². The van der Waals surface area contributed by atoms with Gasteiger partial charge in [-0.1, -0.05) is 35.3 Å². The Morgan fingerprint density at radius 1 is 0.868 bits per heavy atom. The fraction of sp³-hybridized carbons (Fsp3) is 0.458. The van der Waals surface area contributed by atoms with Gasteiger partial charge >= 0.3 is 23.9 Å². The first-order valence-electron chi connectivity index (χ1n) is 11.4. The number of ether oxygens (including phenoxy) is 5. The van der Waals surface area contributed by atoms with Crippen molar-refractivity contribution in [1.82, 2.24) is 15.2 Å². The van der Waals surface area contributed by atoms with Crippen molar-refractivity contribution in [1.29, 1.82) is 0 Å². The van der Waals surface area contributed by atoms with Gasteiger partial charge in [-0.2, -0.15) is 0 Å². The summed E-state index contributed by atoms with van der Waals surface area (Å²) in [6.07, 6.45) is -4.37. The fourth-order valence-electron chi connectivity index (χ4n) is 3.94. The zero-order valence-corrected chi connectivity index (χ0v) is 22.4. The van der Waals surface area contributed by atoms with E-state index in [9.17, 15) is 19.2 Å². The smallest absolute Gasteiger partial charge is 0.303 e. The Morgan fingerprint density at radius 2 is 1.50 bits per heavy atom. The van der Waals surface area contributed by atoms with Crippen LogP contribution in [0.4, 0.5) is 0 Å². The van der Waals surface area contributed by atoms with Crippen molar-refractivity contribution >= 4 is 47.1 Å². The average molecular weight is 570 g/mol. The maximum Gasteiger partial charge on any atom is 0.303 e. The summed E-state index contributed by atoms with van der Waals surface area (Å²) >= 11 is 12.2. The van der Waals surface area contributed by atoms with E-state index in [2.05, 4.69) is 15.2 Å². The average Bonchev–Trinajstić information content (AvgIpc) is 2.82. The molecule has 14 heteroatoms. The van der Waals surface area contributed by atoms with Crippen molar-refractivity contribution < 1.29 is 42.9 Å². The van der Waals surface area contributed by atoms with Gasteiger partial charge in [0, 0.05) is 39.1 Å². The topological polar surface area (TPSA) is 153 Å². The molecular formula is C24H25Cl2N3O9. The van der Waals surface area contributed by atoms with Crippen LogP contribution in [0.15, 0.2) is 24.4 Å². The number of hydrogen-bond donors (Lipinski definition) is 0. The minimum Gasteiger partial charge on any atom is -0.463 e. The molecule has 3 rings (SSSR count). The molecule has 204 valence electrons. The summed E-state index contributed by atoms with van der Waals surface area (Å²) in [5, 5.41) is 8.23. The van der Waals surface area contributed by atoms with Gasteiger partial charge in [0.15, 0.2) is 29.3 Å². The summed E-state index contributed by atoms with van der Waals surface area (Å²) in [5.41, 5.74) is 1.06. The van der Waals surface area contributed by atoms with Crippen LogP contribution in [-0.2, 0) is 49.3 Å². The first-order chi connectivity index (χ1) is 17.9. The molecule has 1 aromatic carbocycles. The van der Waals surface area contributed by atoms with Crippen molar-refractivity contribution in [3.8, 4) is 0 Å². The minimum atomic E-state index is -1.29. The Bertz CT molecular complexity index is 1200. The van der Waals surface area contributed by atoms with Crippen LogP contribution in [0.1, 0.15) is 50.8 Å². The summed E-state index contributed by atoms with van der Waals surface area (Å²) in [5.74, 6) is -2.40. The van der Waals surface area contributed by atoms with Crippen molar-refractivity contribution in [3.05, 3.63) is 51.5 Å². The van der Waals surface area contributed by atoms with Crippen molar-refractivity contribution in [2.45, 2.75) is 64.6 Å². The Kier molecular flexibility index (Phi) is 9.95. The molecule has 0 saturated carbocycles. The molecule has 0 bridgehead atoms. The predicted octanol–water partition coefficient (Wildman–Crippen LogP) is 2.57. The van der Waals surface area contributed by atoms with Gasteiger partial charge in [0.1, 0.15) is 18.8 Å². The van der Waals surface area contributed by atoms with Gasteiger partial charge < -0.3 is 23.7 Å². The SMILES string of the molecule is CC(=O)OC[C@@H]1O[C@@H](c2ccc(Cl)c(Cc3ncc(Cl)nn3)c2)[C@H](OC(C)=O)[C@@H](OC(C)=O)[C@@H]1OC(C)=O. The third-order valence-corrected chi connectivity index (χ3v) is 5.86. The molecule has 1 aliphatic heterocycles. The van der Waals surface area contributed by atoms with Crippen LogP contribution in [0.25, 0.3) is 0 Å². The van der Waals surface area contributed by atoms with E-state index in [4.69, 9.17) is 46.9 Å². The molecule has 0 aliphatic carbocycles. The van der Waals surface area contributed by atoms with Gasteiger partial charge in [-0.25, -0.2) is 4.98 Å². The lowest BCUT2D eigenvalue weighted by Crippen LogP contribution is -2.59. The summed E-state index contributed by atoms with van der Waals surface area (Å²) in [4.78, 5) is 51.7. The van der Waals surface area contributed by atoms with E-state index in [1.807, 2.05) is 0 Å². The van der Waals surface area contributed by atoms with E-state index in [1.54, 1.807) is 18.2 Å². The molecule has 1 aromatic heterocycles. The summed E-state index contributed by atoms with van der Waals surface area (Å²) in [6.45, 7) is 4.35. The molecule has 2 heterocycles. The molecule has 2 aromatic rings. The van der Waals surface area contributed by atoms with E-state index in [-0.39, 0.29) is 18.2 Å². The predicted molar refractivity (Wildman–Crippen MR) is 130 cm³/mol. The number of carbonyl (C=O) groups excluding carboxylic acids is 4. The van der Waals surface area contributed by atoms with Crippen LogP contribution in [-0.4, -0.2) is 70.1 Å². The summed E-state index contributed by atoms with van der Waals surface area (Å²) in [7, 11) is 0. The van der Waals surface area contributed by atoms with E-state index in [0.717, 1.165) is 13.8 Å². The maximum atomic E-state index is 12.1. The van der Waals surface area contributed by atoms with E-state index in [1.165, 1.54) is 20.0 Å². The highest BCUT2D eigenvalue weighted by Crippen LogP contribution is 2.38. The van der Waals surface area contributed by atoms with Crippen LogP contribution >= 0.6 is 23.2 Å². The zero-order chi connectivity index (χ0) is 28.0. The Hall–Kier alpha value is -3.35. The van der Waals surface area contributed by atoms with Gasteiger partial charge in [0.05, 0.1) is 6.20 Å². The molecule has 1 fully saturated rings. The lowest BCUT2D eigenvalue weighted by molar-refractivity contribution is -0.254. The Morgan fingerprint density at radius 3 is 2.08 bits per heavy atom. The largest absolute Gasteiger partial charge is 0.463 e. The molecular weight excluding hydrogens is 545 g/mol. The van der Waals surface area contributed by atoms with Gasteiger partial charge in [-0.05, 0) is 17.2 Å². The second-order valence-electron chi connectivity index (χ2n) is 8.34. The molecule has 1 aliphatic rings. The number of rotatable bonds is 8. The Labute approximate surface area is 227 Å². The Balaban J connectivity index is 2.06. The molecule has 0 radical (unpaired) electrons. The molecule has 12 nitrogen and oxygen atoms in total. The number of esters is 4. The first-order valence-corrected chi connectivity index (χ1v) is 12.1. The molecule has 5 atom stereocenters. The third-order valence-electron chi connectivity index (χ3n) is 5.32. The van der Waals surface area contributed by atoms with Gasteiger partial charge in [0.25, 0.3) is 0 Å². The van der Waals surface area contributed by atoms with E-state index < -0.39 is 54.4 Å². The van der Waals surface area contributed by atoms with Crippen molar-refractivity contribution in [2.75, 3.05) is 6.61 Å². The summed E-state index contributed by atoms with van der Waals surface area (Å²) < 4.78 is 27.7. The molecule has 0 N–H and O–H groups in total. The number of hydrogen-bond acceptors (Lipinski definition) is 12. The van der Waals surface area contributed by atoms with Crippen LogP contribution < -0.4 is 0 Å². The fourth-order valence-corrected chi connectivity index (χ4v) is 4.21. The van der Waals surface area contributed by atoms with Gasteiger partial charge in [-0.3, -0.25) is 19.2 Å². The second kappa shape index (κ2) is 12.9. The first kappa shape index (κ1) is 29.2. The van der Waals surface area contributed by atoms with Crippen LogP contribution in [0, 0.1) is 0 Å². The van der Waals surface area contributed by atoms with Crippen LogP contribution in [0.2, 0.25) is 10.2 Å². The normalized spacial score (nSPS) is 22.7. The molecule has 0 amide bonds. The monoisotopic (exact) mass is 569 g/mol. The molecule has 1 saturated heterocycles. The highest BCUT2D eigenvalue weighted by atomic mass is 35.5. The number of benzene rings is 1. The zero-order valence-electron chi connectivity index (χ0n) is 20.9. The standard InChI is InChI=1S/C24H25Cl2N3O9/c1-11(30)34-10-18-22(35-12(2)31)24(37-14(4)33)23(36-13(3)32)21(38-18)15-5-6-17(25)16(7-15)8-20-27-9-19(26)28-29-20/h5-7,9,18,21-24H,8,10H2,1-4H3/t18-,21-,22+,23-,24-/m0/s1. The van der Waals surface area contributed by atoms with E-state index in [0.29, 0.717) is 22.0 Å².